The number of carboxylic acid groups (broad SMARTS) is 2. The average Bonchev–Trinajstić information content (AvgIpc) is 3.63. The van der Waals surface area contributed by atoms with Crippen molar-refractivity contribution in [1.29, 1.82) is 0 Å². The van der Waals surface area contributed by atoms with Gasteiger partial charge in [0.25, 0.3) is 0 Å². The second-order valence-electron chi connectivity index (χ2n) is 10.4. The van der Waals surface area contributed by atoms with Gasteiger partial charge in [0, 0.05) is 0 Å². The summed E-state index contributed by atoms with van der Waals surface area (Å²) in [6, 6.07) is 2.33. The number of aliphatic carboxylic acids is 2. The lowest BCUT2D eigenvalue weighted by molar-refractivity contribution is -0.144. The molecule has 0 saturated heterocycles. The average molecular weight is 429 g/mol. The molecule has 172 valence electrons. The van der Waals surface area contributed by atoms with Crippen LogP contribution in [0.3, 0.4) is 0 Å². The molecule has 0 aromatic heterocycles. The van der Waals surface area contributed by atoms with E-state index >= 15 is 0 Å². The minimum Gasteiger partial charge on any atom is -0.481 e. The first-order valence-corrected chi connectivity index (χ1v) is 12.3. The third-order valence-electron chi connectivity index (χ3n) is 8.17. The van der Waals surface area contributed by atoms with Gasteiger partial charge in [-0.2, -0.15) is 0 Å². The molecule has 31 heavy (non-hydrogen) atoms. The van der Waals surface area contributed by atoms with Crippen molar-refractivity contribution in [2.75, 3.05) is 0 Å². The number of hydrogen-bond donors (Lipinski definition) is 2. The fraction of sp³-hybridized carbons (Fsp3) is 0.704. The molecule has 4 heteroatoms. The fourth-order valence-corrected chi connectivity index (χ4v) is 5.17. The molecule has 0 aliphatic heterocycles. The highest BCUT2D eigenvalue weighted by atomic mass is 16.4. The topological polar surface area (TPSA) is 74.6 Å². The maximum atomic E-state index is 11.4. The Hall–Kier alpha value is -1.84. The van der Waals surface area contributed by atoms with Gasteiger partial charge in [0.15, 0.2) is 0 Å². The van der Waals surface area contributed by atoms with Crippen molar-refractivity contribution >= 4 is 11.9 Å². The Morgan fingerprint density at radius 1 is 0.742 bits per heavy atom. The van der Waals surface area contributed by atoms with Crippen LogP contribution in [0.25, 0.3) is 0 Å². The normalized spacial score (nSPS) is 18.0. The van der Waals surface area contributed by atoms with Crippen LogP contribution in [0, 0.1) is 31.6 Å². The van der Waals surface area contributed by atoms with E-state index in [1.165, 1.54) is 27.8 Å². The van der Waals surface area contributed by atoms with E-state index in [1.54, 1.807) is 0 Å². The predicted molar refractivity (Wildman–Crippen MR) is 124 cm³/mol. The van der Waals surface area contributed by atoms with Crippen LogP contribution >= 0.6 is 0 Å². The minimum atomic E-state index is -0.604. The van der Waals surface area contributed by atoms with E-state index in [-0.39, 0.29) is 5.41 Å². The maximum Gasteiger partial charge on any atom is 0.309 e. The first kappa shape index (κ1) is 23.8. The van der Waals surface area contributed by atoms with Crippen molar-refractivity contribution in [3.05, 3.63) is 33.9 Å². The number of hydrogen-bond acceptors (Lipinski definition) is 2. The molecule has 2 saturated carbocycles. The Bertz CT molecular complexity index is 815. The van der Waals surface area contributed by atoms with Crippen molar-refractivity contribution < 1.29 is 19.8 Å². The van der Waals surface area contributed by atoms with Gasteiger partial charge >= 0.3 is 11.9 Å². The Morgan fingerprint density at radius 2 is 1.23 bits per heavy atom. The van der Waals surface area contributed by atoms with E-state index in [4.69, 9.17) is 0 Å². The smallest absolute Gasteiger partial charge is 0.309 e. The largest absolute Gasteiger partial charge is 0.481 e. The third-order valence-corrected chi connectivity index (χ3v) is 8.17. The molecule has 2 fully saturated rings. The molecule has 4 nitrogen and oxygen atoms in total. The number of rotatable bonds is 14. The van der Waals surface area contributed by atoms with E-state index in [0.717, 1.165) is 89.9 Å². The van der Waals surface area contributed by atoms with E-state index in [2.05, 4.69) is 26.8 Å². The summed E-state index contributed by atoms with van der Waals surface area (Å²) in [7, 11) is 0. The van der Waals surface area contributed by atoms with E-state index in [9.17, 15) is 19.8 Å². The Kier molecular flexibility index (Phi) is 7.49. The van der Waals surface area contributed by atoms with Crippen LogP contribution in [0.1, 0.15) is 105 Å². The Balaban J connectivity index is 1.44. The molecular weight excluding hydrogens is 388 g/mol. The Labute approximate surface area is 187 Å². The van der Waals surface area contributed by atoms with Crippen LogP contribution in [-0.2, 0) is 22.4 Å². The molecule has 0 atom stereocenters. The summed E-state index contributed by atoms with van der Waals surface area (Å²) in [4.78, 5) is 22.6. The summed E-state index contributed by atoms with van der Waals surface area (Å²) in [6.45, 7) is 6.68. The molecule has 0 bridgehead atoms. The molecule has 0 amide bonds. The summed E-state index contributed by atoms with van der Waals surface area (Å²) in [6.07, 6.45) is 13.8. The van der Waals surface area contributed by atoms with Crippen molar-refractivity contribution in [2.24, 2.45) is 10.8 Å². The van der Waals surface area contributed by atoms with Gasteiger partial charge in [-0.1, -0.05) is 31.7 Å². The van der Waals surface area contributed by atoms with Crippen LogP contribution in [0.2, 0.25) is 0 Å². The van der Waals surface area contributed by atoms with Crippen LogP contribution in [0.15, 0.2) is 6.07 Å². The summed E-state index contributed by atoms with van der Waals surface area (Å²) < 4.78 is 0. The predicted octanol–water partition coefficient (Wildman–Crippen LogP) is 6.55. The second kappa shape index (κ2) is 9.75. The highest BCUT2D eigenvalue weighted by Gasteiger charge is 2.49. The van der Waals surface area contributed by atoms with E-state index in [1.807, 2.05) is 0 Å². The van der Waals surface area contributed by atoms with Crippen molar-refractivity contribution in [2.45, 2.75) is 111 Å². The molecule has 0 heterocycles. The van der Waals surface area contributed by atoms with E-state index < -0.39 is 17.4 Å². The molecule has 2 aliphatic rings. The molecule has 2 N–H and O–H groups in total. The first-order valence-electron chi connectivity index (χ1n) is 12.3. The van der Waals surface area contributed by atoms with Gasteiger partial charge in [-0.05, 0) is 113 Å². The zero-order valence-corrected chi connectivity index (χ0v) is 19.7. The van der Waals surface area contributed by atoms with Gasteiger partial charge in [-0.25, -0.2) is 0 Å². The molecule has 0 radical (unpaired) electrons. The minimum absolute atomic E-state index is 0.373. The second-order valence-corrected chi connectivity index (χ2v) is 10.4. The standard InChI is InChI=1S/C27H40O4/c1-19-18-22(10-7-9-13-27(16-17-27)25(30)31)21(3)23(20(19)2)11-6-4-5-8-12-26(14-15-26)24(28)29/h18H,4-17H2,1-3H3,(H,28,29)(H,30,31). The maximum absolute atomic E-state index is 11.4. The van der Waals surface area contributed by atoms with Gasteiger partial charge < -0.3 is 10.2 Å². The summed E-state index contributed by atoms with van der Waals surface area (Å²) in [5, 5.41) is 18.6. The highest BCUT2D eigenvalue weighted by molar-refractivity contribution is 5.78. The number of unbranched alkanes of at least 4 members (excludes halogenated alkanes) is 4. The quantitative estimate of drug-likeness (QED) is 0.330. The van der Waals surface area contributed by atoms with E-state index in [0.29, 0.717) is 0 Å². The van der Waals surface area contributed by atoms with Crippen LogP contribution in [-0.4, -0.2) is 22.2 Å². The Morgan fingerprint density at radius 3 is 1.74 bits per heavy atom. The van der Waals surface area contributed by atoms with Crippen molar-refractivity contribution in [1.82, 2.24) is 0 Å². The lowest BCUT2D eigenvalue weighted by atomic mass is 9.88. The fourth-order valence-electron chi connectivity index (χ4n) is 5.17. The number of aryl methyl sites for hydroxylation is 2. The molecular formula is C27H40O4. The lowest BCUT2D eigenvalue weighted by Crippen LogP contribution is -2.14. The molecule has 1 aromatic rings. The van der Waals surface area contributed by atoms with Gasteiger partial charge in [-0.15, -0.1) is 0 Å². The van der Waals surface area contributed by atoms with Gasteiger partial charge in [-0.3, -0.25) is 9.59 Å². The zero-order chi connectivity index (χ0) is 22.6. The van der Waals surface area contributed by atoms with Gasteiger partial charge in [0.05, 0.1) is 10.8 Å². The SMILES string of the molecule is Cc1cc(CCCCC2(C(=O)O)CC2)c(C)c(CCCCCCC2(C(=O)O)CC2)c1C. The molecule has 0 unspecified atom stereocenters. The first-order chi connectivity index (χ1) is 14.7. The number of carbonyl (C=O) groups is 2. The molecule has 1 aromatic carbocycles. The lowest BCUT2D eigenvalue weighted by Gasteiger charge is -2.18. The zero-order valence-electron chi connectivity index (χ0n) is 19.7. The summed E-state index contributed by atoms with van der Waals surface area (Å²) >= 11 is 0. The molecule has 0 spiro atoms. The van der Waals surface area contributed by atoms with Crippen LogP contribution in [0.5, 0.6) is 0 Å². The van der Waals surface area contributed by atoms with Crippen LogP contribution < -0.4 is 0 Å². The highest BCUT2D eigenvalue weighted by Crippen LogP contribution is 2.50. The van der Waals surface area contributed by atoms with Gasteiger partial charge in [0.1, 0.15) is 0 Å². The molecule has 3 rings (SSSR count). The van der Waals surface area contributed by atoms with Gasteiger partial charge in [0.2, 0.25) is 0 Å². The third kappa shape index (κ3) is 5.70. The van der Waals surface area contributed by atoms with Crippen molar-refractivity contribution in [3.8, 4) is 0 Å². The summed E-state index contributed by atoms with van der Waals surface area (Å²) in [5.41, 5.74) is 6.34. The number of benzene rings is 1. The monoisotopic (exact) mass is 428 g/mol. The van der Waals surface area contributed by atoms with Crippen LogP contribution in [0.4, 0.5) is 0 Å². The van der Waals surface area contributed by atoms with Crippen molar-refractivity contribution in [3.63, 3.8) is 0 Å². The summed E-state index contributed by atoms with van der Waals surface area (Å²) in [5.74, 6) is -1.20. The molecule has 2 aliphatic carbocycles. The number of carboxylic acids is 2.